The lowest BCUT2D eigenvalue weighted by Crippen LogP contribution is -2.28. The van der Waals surface area contributed by atoms with Gasteiger partial charge in [-0.2, -0.15) is 0 Å². The number of hydrogen-bond donors (Lipinski definition) is 2. The van der Waals surface area contributed by atoms with Gasteiger partial charge in [-0.25, -0.2) is 0 Å². The molecule has 0 saturated heterocycles. The summed E-state index contributed by atoms with van der Waals surface area (Å²) >= 11 is 0. The van der Waals surface area contributed by atoms with Crippen LogP contribution in [0.15, 0.2) is 0 Å². The van der Waals surface area contributed by atoms with E-state index < -0.39 is 17.5 Å². The summed E-state index contributed by atoms with van der Waals surface area (Å²) in [5.74, 6) is -0.828. The monoisotopic (exact) mass is 328 g/mol. The predicted molar refractivity (Wildman–Crippen MR) is 97.7 cm³/mol. The highest BCUT2D eigenvalue weighted by atomic mass is 16.4. The number of aliphatic hydroxyl groups excluding tert-OH is 1. The van der Waals surface area contributed by atoms with Crippen molar-refractivity contribution in [3.63, 3.8) is 0 Å². The normalized spacial score (nSPS) is 13.2. The fraction of sp³-hybridized carbons (Fsp3) is 0.950. The quantitative estimate of drug-likeness (QED) is 0.345. The van der Waals surface area contributed by atoms with E-state index in [1.165, 1.54) is 64.2 Å². The first-order valence-corrected chi connectivity index (χ1v) is 9.81. The third kappa shape index (κ3) is 13.6. The van der Waals surface area contributed by atoms with E-state index in [1.807, 2.05) is 0 Å². The Balaban J connectivity index is 3.34. The largest absolute Gasteiger partial charge is 0.481 e. The zero-order valence-corrected chi connectivity index (χ0v) is 15.8. The van der Waals surface area contributed by atoms with E-state index >= 15 is 0 Å². The average Bonchev–Trinajstić information content (AvgIpc) is 2.47. The maximum absolute atomic E-state index is 11.0. The molecule has 1 atom stereocenters. The lowest BCUT2D eigenvalue weighted by Gasteiger charge is -2.22. The highest BCUT2D eigenvalue weighted by Gasteiger charge is 2.29. The Morgan fingerprint density at radius 1 is 0.826 bits per heavy atom. The van der Waals surface area contributed by atoms with Gasteiger partial charge in [0.25, 0.3) is 0 Å². The molecule has 3 heteroatoms. The molecule has 1 unspecified atom stereocenters. The van der Waals surface area contributed by atoms with Gasteiger partial charge in [-0.15, -0.1) is 0 Å². The van der Waals surface area contributed by atoms with Crippen molar-refractivity contribution in [2.75, 3.05) is 0 Å². The molecule has 0 rings (SSSR count). The van der Waals surface area contributed by atoms with Gasteiger partial charge in [0, 0.05) is 0 Å². The Kier molecular flexibility index (Phi) is 13.5. The number of unbranched alkanes of at least 4 members (excludes halogenated alkanes) is 11. The molecule has 0 radical (unpaired) electrons. The molecule has 0 aliphatic rings. The summed E-state index contributed by atoms with van der Waals surface area (Å²) in [4.78, 5) is 11.0. The van der Waals surface area contributed by atoms with Crippen LogP contribution in [0.2, 0.25) is 0 Å². The molecular weight excluding hydrogens is 288 g/mol. The zero-order chi connectivity index (χ0) is 17.6. The van der Waals surface area contributed by atoms with Crippen LogP contribution in [0.25, 0.3) is 0 Å². The first-order chi connectivity index (χ1) is 10.9. The fourth-order valence-corrected chi connectivity index (χ4v) is 3.00. The van der Waals surface area contributed by atoms with Crippen molar-refractivity contribution in [3.8, 4) is 0 Å². The number of hydrogen-bond acceptors (Lipinski definition) is 2. The van der Waals surface area contributed by atoms with Crippen LogP contribution < -0.4 is 0 Å². The molecule has 0 heterocycles. The van der Waals surface area contributed by atoms with E-state index in [9.17, 15) is 9.90 Å². The van der Waals surface area contributed by atoms with Crippen LogP contribution in [0.5, 0.6) is 0 Å². The van der Waals surface area contributed by atoms with Crippen LogP contribution in [-0.2, 0) is 4.79 Å². The lowest BCUT2D eigenvalue weighted by molar-refractivity contribution is -0.148. The van der Waals surface area contributed by atoms with Gasteiger partial charge >= 0.3 is 5.97 Å². The van der Waals surface area contributed by atoms with Crippen molar-refractivity contribution >= 4 is 5.97 Å². The third-order valence-electron chi connectivity index (χ3n) is 4.72. The fourth-order valence-electron chi connectivity index (χ4n) is 3.00. The third-order valence-corrected chi connectivity index (χ3v) is 4.72. The van der Waals surface area contributed by atoms with E-state index in [0.717, 1.165) is 19.3 Å². The average molecular weight is 329 g/mol. The summed E-state index contributed by atoms with van der Waals surface area (Å²) in [6.07, 6.45) is 16.3. The van der Waals surface area contributed by atoms with E-state index in [1.54, 1.807) is 13.8 Å². The smallest absolute Gasteiger partial charge is 0.309 e. The van der Waals surface area contributed by atoms with Gasteiger partial charge < -0.3 is 10.2 Å². The number of rotatable bonds is 16. The molecule has 0 aromatic carbocycles. The summed E-state index contributed by atoms with van der Waals surface area (Å²) in [6, 6.07) is 0. The maximum atomic E-state index is 11.0. The van der Waals surface area contributed by atoms with Crippen LogP contribution in [0.1, 0.15) is 111 Å². The molecule has 0 aliphatic heterocycles. The molecule has 0 saturated carbocycles. The van der Waals surface area contributed by atoms with Crippen molar-refractivity contribution in [1.82, 2.24) is 0 Å². The summed E-state index contributed by atoms with van der Waals surface area (Å²) < 4.78 is 0. The van der Waals surface area contributed by atoms with Crippen LogP contribution in [0.4, 0.5) is 0 Å². The Hall–Kier alpha value is -0.570. The van der Waals surface area contributed by atoms with Crippen molar-refractivity contribution in [2.24, 2.45) is 5.41 Å². The minimum Gasteiger partial charge on any atom is -0.481 e. The van der Waals surface area contributed by atoms with Gasteiger partial charge in [0.2, 0.25) is 0 Å². The number of aliphatic hydroxyl groups is 1. The van der Waals surface area contributed by atoms with E-state index in [4.69, 9.17) is 5.11 Å². The van der Waals surface area contributed by atoms with E-state index in [2.05, 4.69) is 6.92 Å². The molecule has 3 nitrogen and oxygen atoms in total. The van der Waals surface area contributed by atoms with Crippen molar-refractivity contribution in [1.29, 1.82) is 0 Å². The van der Waals surface area contributed by atoms with Crippen LogP contribution in [0.3, 0.4) is 0 Å². The number of aliphatic carboxylic acids is 1. The van der Waals surface area contributed by atoms with E-state index in [-0.39, 0.29) is 0 Å². The Bertz CT molecular complexity index is 287. The summed E-state index contributed by atoms with van der Waals surface area (Å²) in [5, 5.41) is 19.0. The van der Waals surface area contributed by atoms with Gasteiger partial charge in [0.15, 0.2) is 0 Å². The second kappa shape index (κ2) is 13.8. The van der Waals surface area contributed by atoms with Crippen LogP contribution >= 0.6 is 0 Å². The zero-order valence-electron chi connectivity index (χ0n) is 15.8. The minimum atomic E-state index is -0.828. The lowest BCUT2D eigenvalue weighted by atomic mass is 9.85. The van der Waals surface area contributed by atoms with Crippen LogP contribution in [-0.4, -0.2) is 22.3 Å². The second-order valence-corrected chi connectivity index (χ2v) is 7.72. The topological polar surface area (TPSA) is 57.5 Å². The molecule has 0 aromatic rings. The van der Waals surface area contributed by atoms with Crippen LogP contribution in [0, 0.1) is 5.41 Å². The van der Waals surface area contributed by atoms with Crippen molar-refractivity contribution in [3.05, 3.63) is 0 Å². The summed E-state index contributed by atoms with van der Waals surface area (Å²) in [7, 11) is 0. The van der Waals surface area contributed by atoms with Crippen molar-refractivity contribution < 1.29 is 15.0 Å². The SMILES string of the molecule is CCCCCCCCCCCCCCC(O)CC(C)(C)C(=O)O. The number of carboxylic acids is 1. The summed E-state index contributed by atoms with van der Waals surface area (Å²) in [5.41, 5.74) is -0.823. The molecule has 0 amide bonds. The molecule has 0 aromatic heterocycles. The summed E-state index contributed by atoms with van der Waals surface area (Å²) in [6.45, 7) is 5.62. The Morgan fingerprint density at radius 2 is 1.22 bits per heavy atom. The molecule has 138 valence electrons. The Labute approximate surface area is 143 Å². The molecular formula is C20H40O3. The van der Waals surface area contributed by atoms with Gasteiger partial charge in [-0.05, 0) is 26.7 Å². The first kappa shape index (κ1) is 22.4. The molecule has 0 bridgehead atoms. The van der Waals surface area contributed by atoms with E-state index in [0.29, 0.717) is 6.42 Å². The van der Waals surface area contributed by atoms with Gasteiger partial charge in [0.1, 0.15) is 0 Å². The highest BCUT2D eigenvalue weighted by Crippen LogP contribution is 2.24. The Morgan fingerprint density at radius 3 is 1.61 bits per heavy atom. The molecule has 23 heavy (non-hydrogen) atoms. The molecule has 0 spiro atoms. The molecule has 2 N–H and O–H groups in total. The number of carbonyl (C=O) groups is 1. The van der Waals surface area contributed by atoms with Gasteiger partial charge in [0.05, 0.1) is 11.5 Å². The predicted octanol–water partition coefficient (Wildman–Crippen LogP) is 5.94. The maximum Gasteiger partial charge on any atom is 0.309 e. The molecule has 0 fully saturated rings. The second-order valence-electron chi connectivity index (χ2n) is 7.72. The standard InChI is InChI=1S/C20H40O3/c1-4-5-6-7-8-9-10-11-12-13-14-15-16-18(21)17-20(2,3)19(22)23/h18,21H,4-17H2,1-3H3,(H,22,23). The molecule has 0 aliphatic carbocycles. The first-order valence-electron chi connectivity index (χ1n) is 9.81. The number of carboxylic acid groups (broad SMARTS) is 1. The van der Waals surface area contributed by atoms with Crippen molar-refractivity contribution in [2.45, 2.75) is 117 Å². The minimum absolute atomic E-state index is 0.348. The van der Waals surface area contributed by atoms with Gasteiger partial charge in [-0.3, -0.25) is 4.79 Å². The highest BCUT2D eigenvalue weighted by molar-refractivity contribution is 5.73. The van der Waals surface area contributed by atoms with Gasteiger partial charge in [-0.1, -0.05) is 84.0 Å².